The number of halogens is 7. The molecule has 0 unspecified atom stereocenters. The Morgan fingerprint density at radius 1 is 0.727 bits per heavy atom. The molecule has 1 nitrogen and oxygen atoms in total. The van der Waals surface area contributed by atoms with Gasteiger partial charge in [0.2, 0.25) is 13.1 Å². The molecule has 2 aromatic rings. The van der Waals surface area contributed by atoms with Crippen molar-refractivity contribution in [2.24, 2.45) is 0 Å². The molecular weight excluding hydrogens is 316 g/mol. The Morgan fingerprint density at radius 3 is 1.77 bits per heavy atom. The van der Waals surface area contributed by atoms with Gasteiger partial charge in [0, 0.05) is 12.1 Å². The first kappa shape index (κ1) is 16.2. The molecule has 22 heavy (non-hydrogen) atoms. The van der Waals surface area contributed by atoms with Crippen LogP contribution in [0.4, 0.5) is 30.7 Å². The maximum absolute atomic E-state index is 13.9. The standard InChI is InChI=1S/C13H6BF7O/c1-22-13-10(19)8(9(18)11(20)12(13)21)14-7-5(16)2-4(15)3-6(7)17/h2-3,14H,1H3. The highest BCUT2D eigenvalue weighted by molar-refractivity contribution is 6.67. The molecule has 0 aliphatic heterocycles. The summed E-state index contributed by atoms with van der Waals surface area (Å²) in [6.07, 6.45) is 0. The van der Waals surface area contributed by atoms with Crippen LogP contribution in [0.25, 0.3) is 0 Å². The highest BCUT2D eigenvalue weighted by Gasteiger charge is 2.28. The van der Waals surface area contributed by atoms with Crippen LogP contribution in [0.15, 0.2) is 12.1 Å². The third-order valence-electron chi connectivity index (χ3n) is 2.98. The van der Waals surface area contributed by atoms with E-state index < -0.39 is 64.7 Å². The lowest BCUT2D eigenvalue weighted by molar-refractivity contribution is 0.338. The van der Waals surface area contributed by atoms with E-state index in [-0.39, 0.29) is 0 Å². The lowest BCUT2D eigenvalue weighted by Gasteiger charge is -2.11. The second-order valence-corrected chi connectivity index (χ2v) is 4.29. The molecule has 0 amide bonds. The number of hydrogen-bond acceptors (Lipinski definition) is 1. The van der Waals surface area contributed by atoms with Crippen LogP contribution in [0.3, 0.4) is 0 Å². The minimum Gasteiger partial charge on any atom is -0.491 e. The third kappa shape index (κ3) is 2.62. The molecule has 116 valence electrons. The van der Waals surface area contributed by atoms with E-state index in [0.717, 1.165) is 7.11 Å². The summed E-state index contributed by atoms with van der Waals surface area (Å²) in [5.41, 5.74) is -2.03. The number of methoxy groups -OCH3 is 1. The maximum Gasteiger partial charge on any atom is 0.208 e. The minimum absolute atomic E-state index is 0.297. The maximum atomic E-state index is 13.9. The summed E-state index contributed by atoms with van der Waals surface area (Å²) in [4.78, 5) is 0. The van der Waals surface area contributed by atoms with E-state index in [2.05, 4.69) is 4.74 Å². The van der Waals surface area contributed by atoms with E-state index in [1.54, 1.807) is 0 Å². The van der Waals surface area contributed by atoms with Crippen molar-refractivity contribution in [3.63, 3.8) is 0 Å². The fourth-order valence-electron chi connectivity index (χ4n) is 1.91. The number of ether oxygens (including phenoxy) is 1. The van der Waals surface area contributed by atoms with Gasteiger partial charge in [-0.1, -0.05) is 0 Å². The van der Waals surface area contributed by atoms with Crippen molar-refractivity contribution in [2.45, 2.75) is 0 Å². The average molecular weight is 322 g/mol. The molecule has 0 spiro atoms. The molecule has 0 saturated heterocycles. The Balaban J connectivity index is 2.63. The van der Waals surface area contributed by atoms with Crippen LogP contribution in [0, 0.1) is 40.7 Å². The van der Waals surface area contributed by atoms with Crippen molar-refractivity contribution in [3.8, 4) is 5.75 Å². The molecule has 2 aromatic carbocycles. The van der Waals surface area contributed by atoms with Crippen LogP contribution < -0.4 is 15.7 Å². The molecule has 0 aliphatic rings. The van der Waals surface area contributed by atoms with Crippen molar-refractivity contribution >= 4 is 18.2 Å². The molecule has 0 aliphatic carbocycles. The Bertz CT molecular complexity index is 725. The SMILES string of the molecule is COc1c(F)c(F)c(F)c(Bc2c(F)cc(F)cc2F)c1F. The van der Waals surface area contributed by atoms with E-state index >= 15 is 0 Å². The number of hydrogen-bond donors (Lipinski definition) is 0. The third-order valence-corrected chi connectivity index (χ3v) is 2.98. The van der Waals surface area contributed by atoms with Crippen LogP contribution in [-0.4, -0.2) is 14.4 Å². The summed E-state index contributed by atoms with van der Waals surface area (Å²) in [7, 11) is -0.287. The zero-order valence-electron chi connectivity index (χ0n) is 10.9. The molecule has 0 fully saturated rings. The van der Waals surface area contributed by atoms with Crippen LogP contribution in [0.2, 0.25) is 0 Å². The van der Waals surface area contributed by atoms with Gasteiger partial charge in [0.25, 0.3) is 0 Å². The molecule has 0 aromatic heterocycles. The highest BCUT2D eigenvalue weighted by Crippen LogP contribution is 2.24. The Kier molecular flexibility index (Phi) is 4.34. The molecule has 0 saturated carbocycles. The highest BCUT2D eigenvalue weighted by atomic mass is 19.2. The first-order chi connectivity index (χ1) is 10.3. The van der Waals surface area contributed by atoms with Crippen molar-refractivity contribution in [1.82, 2.24) is 0 Å². The van der Waals surface area contributed by atoms with E-state index in [1.165, 1.54) is 0 Å². The van der Waals surface area contributed by atoms with Crippen molar-refractivity contribution < 1.29 is 35.5 Å². The van der Waals surface area contributed by atoms with Gasteiger partial charge < -0.3 is 4.74 Å². The van der Waals surface area contributed by atoms with Crippen LogP contribution >= 0.6 is 0 Å². The van der Waals surface area contributed by atoms with Crippen LogP contribution in [0.5, 0.6) is 5.75 Å². The van der Waals surface area contributed by atoms with Crippen molar-refractivity contribution in [2.75, 3.05) is 7.11 Å². The van der Waals surface area contributed by atoms with Gasteiger partial charge in [-0.05, 0) is 10.9 Å². The predicted molar refractivity (Wildman–Crippen MR) is 65.6 cm³/mol. The summed E-state index contributed by atoms with van der Waals surface area (Å²) in [6, 6.07) is 0.594. The zero-order valence-corrected chi connectivity index (χ0v) is 10.9. The van der Waals surface area contributed by atoms with Gasteiger partial charge in [0.05, 0.1) is 7.11 Å². The molecule has 0 atom stereocenters. The molecule has 0 N–H and O–H groups in total. The second kappa shape index (κ2) is 5.90. The van der Waals surface area contributed by atoms with Gasteiger partial charge in [-0.2, -0.15) is 4.39 Å². The minimum atomic E-state index is -2.05. The summed E-state index contributed by atoms with van der Waals surface area (Å²) < 4.78 is 98.2. The van der Waals surface area contributed by atoms with Gasteiger partial charge >= 0.3 is 0 Å². The van der Waals surface area contributed by atoms with Gasteiger partial charge in [0.1, 0.15) is 17.5 Å². The van der Waals surface area contributed by atoms with E-state index in [0.29, 0.717) is 12.1 Å². The van der Waals surface area contributed by atoms with Crippen LogP contribution in [-0.2, 0) is 0 Å². The zero-order chi connectivity index (χ0) is 16.6. The molecule has 0 bridgehead atoms. The first-order valence-corrected chi connectivity index (χ1v) is 5.80. The molecule has 0 radical (unpaired) electrons. The average Bonchev–Trinajstić information content (AvgIpc) is 2.44. The summed E-state index contributed by atoms with van der Waals surface area (Å²) in [6.45, 7) is 0. The van der Waals surface area contributed by atoms with Gasteiger partial charge in [-0.25, -0.2) is 26.3 Å². The largest absolute Gasteiger partial charge is 0.491 e. The fraction of sp³-hybridized carbons (Fsp3) is 0.0769. The van der Waals surface area contributed by atoms with Crippen LogP contribution in [0.1, 0.15) is 0 Å². The lowest BCUT2D eigenvalue weighted by atomic mass is 9.62. The van der Waals surface area contributed by atoms with E-state index in [4.69, 9.17) is 0 Å². The fourth-order valence-corrected chi connectivity index (χ4v) is 1.91. The summed E-state index contributed by atoms with van der Waals surface area (Å²) >= 11 is 0. The lowest BCUT2D eigenvalue weighted by Crippen LogP contribution is -2.37. The van der Waals surface area contributed by atoms with Gasteiger partial charge in [0.15, 0.2) is 23.2 Å². The van der Waals surface area contributed by atoms with Gasteiger partial charge in [-0.15, -0.1) is 0 Å². The molecular formula is C13H6BF7O. The van der Waals surface area contributed by atoms with Crippen molar-refractivity contribution in [3.05, 3.63) is 52.9 Å². The Labute approximate surface area is 120 Å². The molecule has 2 rings (SSSR count). The topological polar surface area (TPSA) is 9.23 Å². The monoisotopic (exact) mass is 322 g/mol. The molecule has 0 heterocycles. The first-order valence-electron chi connectivity index (χ1n) is 5.80. The summed E-state index contributed by atoms with van der Waals surface area (Å²) in [5.74, 6) is -12.8. The van der Waals surface area contributed by atoms with Gasteiger partial charge in [-0.3, -0.25) is 0 Å². The quantitative estimate of drug-likeness (QED) is 0.364. The number of benzene rings is 2. The summed E-state index contributed by atoms with van der Waals surface area (Å²) in [5, 5.41) is 0. The van der Waals surface area contributed by atoms with Crippen molar-refractivity contribution in [1.29, 1.82) is 0 Å². The molecule has 9 heteroatoms. The Hall–Kier alpha value is -2.19. The predicted octanol–water partition coefficient (Wildman–Crippen LogP) is 2.06. The number of rotatable bonds is 3. The van der Waals surface area contributed by atoms with E-state index in [1.807, 2.05) is 0 Å². The smallest absolute Gasteiger partial charge is 0.208 e. The normalized spacial score (nSPS) is 10.7. The Morgan fingerprint density at radius 2 is 1.27 bits per heavy atom. The van der Waals surface area contributed by atoms with E-state index in [9.17, 15) is 30.7 Å². The second-order valence-electron chi connectivity index (χ2n) is 4.29.